The zero-order valence-corrected chi connectivity index (χ0v) is 12.3. The van der Waals surface area contributed by atoms with Gasteiger partial charge in [0.05, 0.1) is 12.3 Å². The molecule has 0 spiro atoms. The maximum absolute atomic E-state index is 5.84. The maximum atomic E-state index is 5.84. The first-order chi connectivity index (χ1) is 8.70. The zero-order chi connectivity index (χ0) is 13.0. The Hall–Kier alpha value is -0.830. The molecule has 100 valence electrons. The largest absolute Gasteiger partial charge is 0.491 e. The topological polar surface area (TPSA) is 21.3 Å². The predicted octanol–water partition coefficient (Wildman–Crippen LogP) is 4.09. The van der Waals surface area contributed by atoms with Gasteiger partial charge >= 0.3 is 0 Å². The highest BCUT2D eigenvalue weighted by molar-refractivity contribution is 8.00. The van der Waals surface area contributed by atoms with Gasteiger partial charge in [0.1, 0.15) is 5.75 Å². The van der Waals surface area contributed by atoms with Gasteiger partial charge in [-0.25, -0.2) is 0 Å². The van der Waals surface area contributed by atoms with Crippen LogP contribution in [0.15, 0.2) is 18.2 Å². The standard InChI is InChI=1S/C15H23NOS/c1-4-8-17-15-10-11(2)5-6-14(15)16-13-7-9-18-12(13)3/h5-6,10,12-13,16H,4,7-9H2,1-3H3. The summed E-state index contributed by atoms with van der Waals surface area (Å²) in [6, 6.07) is 7.00. The van der Waals surface area contributed by atoms with E-state index in [0.29, 0.717) is 11.3 Å². The Bertz CT molecular complexity index is 394. The molecular formula is C15H23NOS. The van der Waals surface area contributed by atoms with Crippen molar-refractivity contribution in [1.82, 2.24) is 0 Å². The van der Waals surface area contributed by atoms with Crippen LogP contribution in [-0.4, -0.2) is 23.7 Å². The summed E-state index contributed by atoms with van der Waals surface area (Å²) in [5.41, 5.74) is 2.40. The van der Waals surface area contributed by atoms with Crippen LogP contribution in [0, 0.1) is 6.92 Å². The van der Waals surface area contributed by atoms with Crippen molar-refractivity contribution in [2.75, 3.05) is 17.7 Å². The first-order valence-electron chi connectivity index (χ1n) is 6.82. The minimum absolute atomic E-state index is 0.571. The Morgan fingerprint density at radius 2 is 2.28 bits per heavy atom. The van der Waals surface area contributed by atoms with Crippen molar-refractivity contribution in [3.05, 3.63) is 23.8 Å². The fourth-order valence-corrected chi connectivity index (χ4v) is 3.40. The molecule has 0 aromatic heterocycles. The van der Waals surface area contributed by atoms with Crippen LogP contribution >= 0.6 is 11.8 Å². The van der Waals surface area contributed by atoms with Gasteiger partial charge in [0, 0.05) is 11.3 Å². The van der Waals surface area contributed by atoms with Gasteiger partial charge in [-0.05, 0) is 43.2 Å². The molecule has 18 heavy (non-hydrogen) atoms. The zero-order valence-electron chi connectivity index (χ0n) is 11.5. The lowest BCUT2D eigenvalue weighted by molar-refractivity contribution is 0.318. The SMILES string of the molecule is CCCOc1cc(C)ccc1NC1CCSC1C. The summed E-state index contributed by atoms with van der Waals surface area (Å²) in [5.74, 6) is 2.26. The Labute approximate surface area is 114 Å². The third-order valence-corrected chi connectivity index (χ3v) is 4.64. The van der Waals surface area contributed by atoms with Crippen LogP contribution in [0.25, 0.3) is 0 Å². The third kappa shape index (κ3) is 3.35. The van der Waals surface area contributed by atoms with Crippen LogP contribution in [0.1, 0.15) is 32.3 Å². The van der Waals surface area contributed by atoms with E-state index in [9.17, 15) is 0 Å². The Balaban J connectivity index is 2.10. The fraction of sp³-hybridized carbons (Fsp3) is 0.600. The van der Waals surface area contributed by atoms with Crippen molar-refractivity contribution in [2.45, 2.75) is 44.9 Å². The van der Waals surface area contributed by atoms with Gasteiger partial charge in [-0.15, -0.1) is 0 Å². The summed E-state index contributed by atoms with van der Waals surface area (Å²) < 4.78 is 5.84. The van der Waals surface area contributed by atoms with E-state index in [1.165, 1.54) is 17.7 Å². The molecule has 1 saturated heterocycles. The number of benzene rings is 1. The Morgan fingerprint density at radius 1 is 1.44 bits per heavy atom. The summed E-state index contributed by atoms with van der Waals surface area (Å²) in [6.45, 7) is 7.33. The smallest absolute Gasteiger partial charge is 0.142 e. The lowest BCUT2D eigenvalue weighted by Crippen LogP contribution is -2.25. The monoisotopic (exact) mass is 265 g/mol. The van der Waals surface area contributed by atoms with E-state index in [-0.39, 0.29) is 0 Å². The molecule has 0 aliphatic carbocycles. The fourth-order valence-electron chi connectivity index (χ4n) is 2.20. The lowest BCUT2D eigenvalue weighted by atomic mass is 10.1. The quantitative estimate of drug-likeness (QED) is 0.866. The summed E-state index contributed by atoms with van der Waals surface area (Å²) in [6.07, 6.45) is 2.29. The number of anilines is 1. The van der Waals surface area contributed by atoms with Crippen LogP contribution in [-0.2, 0) is 0 Å². The molecule has 1 aromatic rings. The summed E-state index contributed by atoms with van der Waals surface area (Å²) in [7, 11) is 0. The maximum Gasteiger partial charge on any atom is 0.142 e. The molecule has 2 unspecified atom stereocenters. The molecule has 0 amide bonds. The molecule has 2 atom stereocenters. The number of rotatable bonds is 5. The highest BCUT2D eigenvalue weighted by Gasteiger charge is 2.24. The van der Waals surface area contributed by atoms with Gasteiger partial charge in [0.15, 0.2) is 0 Å². The molecule has 1 N–H and O–H groups in total. The van der Waals surface area contributed by atoms with Crippen LogP contribution in [0.3, 0.4) is 0 Å². The number of thioether (sulfide) groups is 1. The first-order valence-corrected chi connectivity index (χ1v) is 7.87. The Morgan fingerprint density at radius 3 is 2.94 bits per heavy atom. The van der Waals surface area contributed by atoms with Crippen LogP contribution in [0.4, 0.5) is 5.69 Å². The molecule has 0 radical (unpaired) electrons. The van der Waals surface area contributed by atoms with Gasteiger partial charge in [0.2, 0.25) is 0 Å². The second-order valence-electron chi connectivity index (χ2n) is 4.96. The highest BCUT2D eigenvalue weighted by Crippen LogP contribution is 2.32. The highest BCUT2D eigenvalue weighted by atomic mass is 32.2. The van der Waals surface area contributed by atoms with E-state index in [1.807, 2.05) is 11.8 Å². The van der Waals surface area contributed by atoms with E-state index < -0.39 is 0 Å². The minimum atomic E-state index is 0.571. The molecule has 1 aliphatic rings. The van der Waals surface area contributed by atoms with Gasteiger partial charge in [-0.1, -0.05) is 19.9 Å². The van der Waals surface area contributed by atoms with E-state index in [2.05, 4.69) is 44.3 Å². The molecule has 1 fully saturated rings. The third-order valence-electron chi connectivity index (χ3n) is 3.32. The van der Waals surface area contributed by atoms with Crippen molar-refractivity contribution >= 4 is 17.4 Å². The van der Waals surface area contributed by atoms with Crippen molar-refractivity contribution < 1.29 is 4.74 Å². The van der Waals surface area contributed by atoms with E-state index in [0.717, 1.165) is 24.5 Å². The van der Waals surface area contributed by atoms with Crippen LogP contribution < -0.4 is 10.1 Å². The van der Waals surface area contributed by atoms with Crippen molar-refractivity contribution in [3.8, 4) is 5.75 Å². The van der Waals surface area contributed by atoms with Gasteiger partial charge in [-0.2, -0.15) is 11.8 Å². The molecule has 0 saturated carbocycles. The second-order valence-corrected chi connectivity index (χ2v) is 6.45. The van der Waals surface area contributed by atoms with Gasteiger partial charge in [-0.3, -0.25) is 0 Å². The van der Waals surface area contributed by atoms with Crippen LogP contribution in [0.2, 0.25) is 0 Å². The normalized spacial score (nSPS) is 23.1. The average Bonchev–Trinajstić information content (AvgIpc) is 2.75. The molecule has 1 aliphatic heterocycles. The first kappa shape index (κ1) is 13.6. The molecule has 0 bridgehead atoms. The number of hydrogen-bond donors (Lipinski definition) is 1. The summed E-state index contributed by atoms with van der Waals surface area (Å²) in [4.78, 5) is 0. The van der Waals surface area contributed by atoms with E-state index >= 15 is 0 Å². The predicted molar refractivity (Wildman–Crippen MR) is 80.9 cm³/mol. The number of ether oxygens (including phenoxy) is 1. The van der Waals surface area contributed by atoms with E-state index in [4.69, 9.17) is 4.74 Å². The van der Waals surface area contributed by atoms with Crippen molar-refractivity contribution in [1.29, 1.82) is 0 Å². The van der Waals surface area contributed by atoms with Gasteiger partial charge < -0.3 is 10.1 Å². The molecule has 1 aromatic carbocycles. The molecule has 3 heteroatoms. The molecular weight excluding hydrogens is 242 g/mol. The van der Waals surface area contributed by atoms with Crippen LogP contribution in [0.5, 0.6) is 5.75 Å². The van der Waals surface area contributed by atoms with Gasteiger partial charge in [0.25, 0.3) is 0 Å². The van der Waals surface area contributed by atoms with Crippen molar-refractivity contribution in [2.24, 2.45) is 0 Å². The van der Waals surface area contributed by atoms with E-state index in [1.54, 1.807) is 0 Å². The summed E-state index contributed by atoms with van der Waals surface area (Å²) in [5, 5.41) is 4.33. The number of nitrogens with one attached hydrogen (secondary N) is 1. The Kier molecular flexibility index (Phi) is 4.81. The minimum Gasteiger partial charge on any atom is -0.491 e. The molecule has 2 nitrogen and oxygen atoms in total. The molecule has 1 heterocycles. The number of hydrogen-bond acceptors (Lipinski definition) is 3. The lowest BCUT2D eigenvalue weighted by Gasteiger charge is -2.20. The average molecular weight is 265 g/mol. The van der Waals surface area contributed by atoms with Crippen molar-refractivity contribution in [3.63, 3.8) is 0 Å². The second kappa shape index (κ2) is 6.37. The summed E-state index contributed by atoms with van der Waals surface area (Å²) >= 11 is 2.05. The number of aryl methyl sites for hydroxylation is 1. The molecule has 2 rings (SSSR count).